The molecule has 0 radical (unpaired) electrons. The molecule has 0 atom stereocenters. The third-order valence-corrected chi connectivity index (χ3v) is 3.56. The van der Waals surface area contributed by atoms with Crippen molar-refractivity contribution in [2.24, 2.45) is 0 Å². The van der Waals surface area contributed by atoms with E-state index in [0.717, 1.165) is 18.5 Å². The summed E-state index contributed by atoms with van der Waals surface area (Å²) in [7, 11) is 5.08. The molecule has 0 aromatic heterocycles. The summed E-state index contributed by atoms with van der Waals surface area (Å²) in [6, 6.07) is 5.57. The zero-order valence-electron chi connectivity index (χ0n) is 14.0. The van der Waals surface area contributed by atoms with Gasteiger partial charge in [0.25, 0.3) is 0 Å². The lowest BCUT2D eigenvalue weighted by Gasteiger charge is -2.25. The highest BCUT2D eigenvalue weighted by molar-refractivity contribution is 5.87. The predicted octanol–water partition coefficient (Wildman–Crippen LogP) is 2.13. The van der Waals surface area contributed by atoms with E-state index in [-0.39, 0.29) is 18.3 Å². The molecular weight excluding hydrogens is 304 g/mol. The van der Waals surface area contributed by atoms with Gasteiger partial charge in [0.05, 0.1) is 19.6 Å². The van der Waals surface area contributed by atoms with Crippen LogP contribution in [0.2, 0.25) is 0 Å². The second kappa shape index (κ2) is 9.54. The highest BCUT2D eigenvalue weighted by Crippen LogP contribution is 2.33. The average Bonchev–Trinajstić information content (AvgIpc) is 2.50. The first-order valence-electron chi connectivity index (χ1n) is 7.12. The standard InChI is InChI=1S/C16H26N2O3.ClH/c1-16(2,15(19)18-10-6-9-17-3)12-7-8-13(20-4)14(11-12)21-5;/h7-8,11,17H,6,9-10H2,1-5H3,(H,18,19);1H. The van der Waals surface area contributed by atoms with Crippen LogP contribution < -0.4 is 20.1 Å². The fourth-order valence-corrected chi connectivity index (χ4v) is 2.04. The van der Waals surface area contributed by atoms with Gasteiger partial charge < -0.3 is 20.1 Å². The van der Waals surface area contributed by atoms with Crippen LogP contribution in [0.4, 0.5) is 0 Å². The van der Waals surface area contributed by atoms with Gasteiger partial charge >= 0.3 is 0 Å². The second-order valence-electron chi connectivity index (χ2n) is 5.41. The first-order valence-corrected chi connectivity index (χ1v) is 7.12. The van der Waals surface area contributed by atoms with Gasteiger partial charge in [-0.3, -0.25) is 4.79 Å². The maximum Gasteiger partial charge on any atom is 0.230 e. The number of nitrogens with one attached hydrogen (secondary N) is 2. The highest BCUT2D eigenvalue weighted by Gasteiger charge is 2.30. The summed E-state index contributed by atoms with van der Waals surface area (Å²) in [6.07, 6.45) is 0.907. The molecule has 0 aliphatic rings. The number of carbonyl (C=O) groups is 1. The first kappa shape index (κ1) is 20.5. The highest BCUT2D eigenvalue weighted by atomic mass is 35.5. The van der Waals surface area contributed by atoms with Crippen LogP contribution in [0.5, 0.6) is 11.5 Å². The zero-order valence-corrected chi connectivity index (χ0v) is 14.8. The van der Waals surface area contributed by atoms with E-state index < -0.39 is 5.41 Å². The van der Waals surface area contributed by atoms with Gasteiger partial charge in [-0.25, -0.2) is 0 Å². The molecule has 0 saturated heterocycles. The monoisotopic (exact) mass is 330 g/mol. The van der Waals surface area contributed by atoms with Gasteiger partial charge in [0, 0.05) is 6.54 Å². The molecule has 2 N–H and O–H groups in total. The minimum absolute atomic E-state index is 0. The lowest BCUT2D eigenvalue weighted by Crippen LogP contribution is -2.40. The fourth-order valence-electron chi connectivity index (χ4n) is 2.04. The molecule has 1 aromatic carbocycles. The van der Waals surface area contributed by atoms with E-state index in [4.69, 9.17) is 9.47 Å². The lowest BCUT2D eigenvalue weighted by molar-refractivity contribution is -0.125. The number of ether oxygens (including phenoxy) is 2. The quantitative estimate of drug-likeness (QED) is 0.717. The number of carbonyl (C=O) groups excluding carboxylic acids is 1. The predicted molar refractivity (Wildman–Crippen MR) is 91.4 cm³/mol. The third kappa shape index (κ3) is 5.07. The molecule has 0 fully saturated rings. The van der Waals surface area contributed by atoms with E-state index >= 15 is 0 Å². The Labute approximate surface area is 139 Å². The van der Waals surface area contributed by atoms with Crippen LogP contribution in [0.1, 0.15) is 25.8 Å². The van der Waals surface area contributed by atoms with Crippen LogP contribution in [0, 0.1) is 0 Å². The number of methoxy groups -OCH3 is 2. The summed E-state index contributed by atoms with van der Waals surface area (Å²) in [5, 5.41) is 6.03. The number of benzene rings is 1. The Bertz CT molecular complexity index is 478. The fraction of sp³-hybridized carbons (Fsp3) is 0.562. The number of amides is 1. The molecule has 0 unspecified atom stereocenters. The van der Waals surface area contributed by atoms with Crippen molar-refractivity contribution in [3.8, 4) is 11.5 Å². The summed E-state index contributed by atoms with van der Waals surface area (Å²) in [5.41, 5.74) is 0.269. The van der Waals surface area contributed by atoms with E-state index in [1.165, 1.54) is 0 Å². The second-order valence-corrected chi connectivity index (χ2v) is 5.41. The summed E-state index contributed by atoms with van der Waals surface area (Å²) in [4.78, 5) is 12.4. The van der Waals surface area contributed by atoms with Gasteiger partial charge in [-0.2, -0.15) is 0 Å². The van der Waals surface area contributed by atoms with Crippen molar-refractivity contribution >= 4 is 18.3 Å². The van der Waals surface area contributed by atoms with Crippen LogP contribution in [0.15, 0.2) is 18.2 Å². The summed E-state index contributed by atoms with van der Waals surface area (Å²) in [6.45, 7) is 5.36. The zero-order chi connectivity index (χ0) is 15.9. The van der Waals surface area contributed by atoms with Crippen molar-refractivity contribution in [1.82, 2.24) is 10.6 Å². The molecule has 0 aliphatic heterocycles. The molecule has 5 nitrogen and oxygen atoms in total. The molecule has 6 heteroatoms. The van der Waals surface area contributed by atoms with Crippen molar-refractivity contribution < 1.29 is 14.3 Å². The normalized spacial score (nSPS) is 10.6. The van der Waals surface area contributed by atoms with Gasteiger partial charge in [-0.05, 0) is 51.6 Å². The number of rotatable bonds is 8. The van der Waals surface area contributed by atoms with Gasteiger partial charge in [-0.15, -0.1) is 12.4 Å². The van der Waals surface area contributed by atoms with E-state index in [0.29, 0.717) is 18.0 Å². The molecule has 1 amide bonds. The lowest BCUT2D eigenvalue weighted by atomic mass is 9.83. The Hall–Kier alpha value is -1.46. The summed E-state index contributed by atoms with van der Waals surface area (Å²) < 4.78 is 10.5. The topological polar surface area (TPSA) is 59.6 Å². The molecule has 1 rings (SSSR count). The maximum atomic E-state index is 12.4. The van der Waals surface area contributed by atoms with E-state index in [1.54, 1.807) is 14.2 Å². The Balaban J connectivity index is 0.00000441. The van der Waals surface area contributed by atoms with Gasteiger partial charge in [0.1, 0.15) is 0 Å². The third-order valence-electron chi connectivity index (χ3n) is 3.56. The van der Waals surface area contributed by atoms with E-state index in [9.17, 15) is 4.79 Å². The number of hydrogen-bond donors (Lipinski definition) is 2. The molecule has 1 aromatic rings. The first-order chi connectivity index (χ1) is 9.97. The summed E-state index contributed by atoms with van der Waals surface area (Å²) in [5.74, 6) is 1.29. The van der Waals surface area contributed by atoms with Crippen LogP contribution in [-0.4, -0.2) is 40.3 Å². The Morgan fingerprint density at radius 3 is 2.32 bits per heavy atom. The molecule has 0 spiro atoms. The molecule has 126 valence electrons. The Kier molecular flexibility index (Phi) is 8.90. The van der Waals surface area contributed by atoms with Gasteiger partial charge in [-0.1, -0.05) is 6.07 Å². The number of halogens is 1. The van der Waals surface area contributed by atoms with Crippen LogP contribution in [0.3, 0.4) is 0 Å². The number of hydrogen-bond acceptors (Lipinski definition) is 4. The van der Waals surface area contributed by atoms with Crippen molar-refractivity contribution in [3.05, 3.63) is 23.8 Å². The van der Waals surface area contributed by atoms with Crippen molar-refractivity contribution in [2.75, 3.05) is 34.4 Å². The smallest absolute Gasteiger partial charge is 0.230 e. The molecular formula is C16H27ClN2O3. The average molecular weight is 331 g/mol. The summed E-state index contributed by atoms with van der Waals surface area (Å²) >= 11 is 0. The van der Waals surface area contributed by atoms with Crippen molar-refractivity contribution in [1.29, 1.82) is 0 Å². The minimum atomic E-state index is -0.626. The van der Waals surface area contributed by atoms with E-state index in [1.807, 2.05) is 39.1 Å². The SMILES string of the molecule is CNCCCNC(=O)C(C)(C)c1ccc(OC)c(OC)c1.Cl. The molecule has 0 aliphatic carbocycles. The van der Waals surface area contributed by atoms with Crippen molar-refractivity contribution in [2.45, 2.75) is 25.7 Å². The largest absolute Gasteiger partial charge is 0.493 e. The van der Waals surface area contributed by atoms with Crippen LogP contribution in [0.25, 0.3) is 0 Å². The molecule has 0 saturated carbocycles. The molecule has 0 bridgehead atoms. The van der Waals surface area contributed by atoms with E-state index in [2.05, 4.69) is 10.6 Å². The molecule has 0 heterocycles. The van der Waals surface area contributed by atoms with Crippen LogP contribution >= 0.6 is 12.4 Å². The minimum Gasteiger partial charge on any atom is -0.493 e. The Morgan fingerprint density at radius 1 is 1.14 bits per heavy atom. The van der Waals surface area contributed by atoms with Gasteiger partial charge in [0.15, 0.2) is 11.5 Å². The van der Waals surface area contributed by atoms with Gasteiger partial charge in [0.2, 0.25) is 5.91 Å². The van der Waals surface area contributed by atoms with Crippen molar-refractivity contribution in [3.63, 3.8) is 0 Å². The molecule has 22 heavy (non-hydrogen) atoms. The maximum absolute atomic E-state index is 12.4. The Morgan fingerprint density at radius 2 is 1.77 bits per heavy atom. The van der Waals surface area contributed by atoms with Crippen LogP contribution in [-0.2, 0) is 10.2 Å².